The fourth-order valence-corrected chi connectivity index (χ4v) is 1.11. The number of rotatable bonds is 4. The van der Waals surface area contributed by atoms with E-state index in [0.29, 0.717) is 0 Å². The highest BCUT2D eigenvalue weighted by Gasteiger charge is 2.47. The highest BCUT2D eigenvalue weighted by molar-refractivity contribution is 7.58. The molecule has 0 aromatic carbocycles. The summed E-state index contributed by atoms with van der Waals surface area (Å²) in [6.07, 6.45) is -6.01. The second kappa shape index (κ2) is 4.18. The quantitative estimate of drug-likeness (QED) is 0.521. The molecule has 0 aromatic rings. The van der Waals surface area contributed by atoms with E-state index in [2.05, 4.69) is 0 Å². The van der Waals surface area contributed by atoms with Crippen LogP contribution in [0.15, 0.2) is 0 Å². The molecule has 0 saturated heterocycles. The van der Waals surface area contributed by atoms with Crippen LogP contribution >= 0.6 is 7.92 Å². The molecule has 0 aliphatic carbocycles. The van der Waals surface area contributed by atoms with Gasteiger partial charge in [-0.3, -0.25) is 0 Å². The van der Waals surface area contributed by atoms with Gasteiger partial charge in [-0.1, -0.05) is 0 Å². The lowest BCUT2D eigenvalue weighted by atomic mass is 10.7. The first-order valence-electron chi connectivity index (χ1n) is 2.59. The van der Waals surface area contributed by atoms with Crippen LogP contribution < -0.4 is 0 Å². The van der Waals surface area contributed by atoms with E-state index < -0.39 is 32.7 Å². The van der Waals surface area contributed by atoms with Crippen LogP contribution in [0.5, 0.6) is 0 Å². The van der Waals surface area contributed by atoms with Crippen LogP contribution in [0.2, 0.25) is 0 Å². The third-order valence-electron chi connectivity index (χ3n) is 1.03. The van der Waals surface area contributed by atoms with Gasteiger partial charge in [0.2, 0.25) is 0 Å². The van der Waals surface area contributed by atoms with Crippen LogP contribution in [0.3, 0.4) is 0 Å². The monoisotopic (exact) mass is 194 g/mol. The number of alkyl halides is 4. The van der Waals surface area contributed by atoms with E-state index in [9.17, 15) is 17.6 Å². The summed E-state index contributed by atoms with van der Waals surface area (Å²) in [5.41, 5.74) is -4.25. The molecule has 0 radical (unpaired) electrons. The van der Waals surface area contributed by atoms with Gasteiger partial charge in [0.1, 0.15) is 0 Å². The summed E-state index contributed by atoms with van der Waals surface area (Å²) >= 11 is 0. The molecule has 0 aromatic heterocycles. The van der Waals surface area contributed by atoms with E-state index in [1.54, 1.807) is 0 Å². The van der Waals surface area contributed by atoms with Gasteiger partial charge < -0.3 is 10.2 Å². The van der Waals surface area contributed by atoms with Crippen molar-refractivity contribution in [2.24, 2.45) is 0 Å². The van der Waals surface area contributed by atoms with Gasteiger partial charge in [0.05, 0.1) is 12.7 Å². The first-order valence-corrected chi connectivity index (χ1v) is 4.30. The predicted molar refractivity (Wildman–Crippen MR) is 32.0 cm³/mol. The lowest BCUT2D eigenvalue weighted by Gasteiger charge is -2.22. The van der Waals surface area contributed by atoms with E-state index in [-0.39, 0.29) is 0 Å². The Labute approximate surface area is 61.6 Å². The highest BCUT2D eigenvalue weighted by atomic mass is 31.1. The molecule has 68 valence electrons. The average Bonchev–Trinajstić information content (AvgIpc) is 1.89. The van der Waals surface area contributed by atoms with Gasteiger partial charge >= 0.3 is 12.1 Å². The summed E-state index contributed by atoms with van der Waals surface area (Å²) in [7, 11) is -2.71. The SMILES string of the molecule is OCP(CO)C(F)(F)C(F)F. The van der Waals surface area contributed by atoms with E-state index in [0.717, 1.165) is 0 Å². The number of halogens is 4. The minimum Gasteiger partial charge on any atom is -0.392 e. The summed E-state index contributed by atoms with van der Waals surface area (Å²) in [4.78, 5) is 0. The molecule has 0 fully saturated rings. The molecular formula is C4H7F4O2P. The van der Waals surface area contributed by atoms with Crippen LogP contribution in [0.1, 0.15) is 0 Å². The predicted octanol–water partition coefficient (Wildman–Crippen LogP) is 1.23. The van der Waals surface area contributed by atoms with E-state index in [4.69, 9.17) is 10.2 Å². The maximum atomic E-state index is 12.2. The number of hydrogen-bond acceptors (Lipinski definition) is 2. The fraction of sp³-hybridized carbons (Fsp3) is 1.00. The molecule has 0 bridgehead atoms. The summed E-state index contributed by atoms with van der Waals surface area (Å²) in [5, 5.41) is 16.3. The minimum atomic E-state index is -4.25. The molecule has 2 N–H and O–H groups in total. The van der Waals surface area contributed by atoms with Gasteiger partial charge in [0, 0.05) is 7.92 Å². The largest absolute Gasteiger partial charge is 0.392 e. The van der Waals surface area contributed by atoms with Gasteiger partial charge in [-0.2, -0.15) is 8.78 Å². The molecule has 0 heterocycles. The zero-order valence-electron chi connectivity index (χ0n) is 5.35. The van der Waals surface area contributed by atoms with Gasteiger partial charge in [-0.05, 0) is 0 Å². The summed E-state index contributed by atoms with van der Waals surface area (Å²) in [6, 6.07) is 0. The summed E-state index contributed by atoms with van der Waals surface area (Å²) in [5.74, 6) is 0. The van der Waals surface area contributed by atoms with Crippen molar-refractivity contribution in [3.8, 4) is 0 Å². The van der Waals surface area contributed by atoms with Gasteiger partial charge in [0.15, 0.2) is 0 Å². The third-order valence-corrected chi connectivity index (χ3v) is 2.75. The smallest absolute Gasteiger partial charge is 0.327 e. The van der Waals surface area contributed by atoms with Crippen LogP contribution in [-0.2, 0) is 0 Å². The van der Waals surface area contributed by atoms with E-state index in [1.165, 1.54) is 0 Å². The topological polar surface area (TPSA) is 40.5 Å². The fourth-order valence-electron chi connectivity index (χ4n) is 0.371. The Morgan fingerprint density at radius 1 is 1.18 bits per heavy atom. The first kappa shape index (κ1) is 11.1. The van der Waals surface area contributed by atoms with Crippen LogP contribution in [0.4, 0.5) is 17.6 Å². The molecule has 11 heavy (non-hydrogen) atoms. The normalized spacial score (nSPS) is 13.1. The number of aliphatic hydroxyl groups is 2. The molecule has 0 atom stereocenters. The molecule has 0 aliphatic rings. The first-order chi connectivity index (χ1) is 4.96. The summed E-state index contributed by atoms with van der Waals surface area (Å²) < 4.78 is 47.3. The Bertz CT molecular complexity index is 117. The maximum absolute atomic E-state index is 12.2. The van der Waals surface area contributed by atoms with Crippen molar-refractivity contribution >= 4 is 7.92 Å². The van der Waals surface area contributed by atoms with Gasteiger partial charge in [0.25, 0.3) is 0 Å². The van der Waals surface area contributed by atoms with E-state index >= 15 is 0 Å². The van der Waals surface area contributed by atoms with Crippen molar-refractivity contribution in [3.05, 3.63) is 0 Å². The second-order valence-electron chi connectivity index (χ2n) is 1.71. The van der Waals surface area contributed by atoms with Crippen LogP contribution in [-0.4, -0.2) is 35.0 Å². The van der Waals surface area contributed by atoms with Crippen LogP contribution in [0.25, 0.3) is 0 Å². The Kier molecular flexibility index (Phi) is 4.21. The van der Waals surface area contributed by atoms with Crippen molar-refractivity contribution < 1.29 is 27.8 Å². The van der Waals surface area contributed by atoms with Gasteiger partial charge in [-0.25, -0.2) is 8.78 Å². The van der Waals surface area contributed by atoms with Crippen molar-refractivity contribution in [2.45, 2.75) is 12.1 Å². The zero-order valence-corrected chi connectivity index (χ0v) is 6.24. The van der Waals surface area contributed by atoms with E-state index in [1.807, 2.05) is 0 Å². The lowest BCUT2D eigenvalue weighted by molar-refractivity contribution is -0.0637. The number of hydrogen-bond donors (Lipinski definition) is 2. The Balaban J connectivity index is 4.24. The standard InChI is InChI=1S/C4H7F4O2P/c5-3(6)4(7,8)11(1-9)2-10/h3,9-10H,1-2H2. The molecule has 0 aliphatic heterocycles. The molecule has 7 heteroatoms. The average molecular weight is 194 g/mol. The van der Waals surface area contributed by atoms with Crippen LogP contribution in [0, 0.1) is 0 Å². The molecule has 0 amide bonds. The molecule has 0 spiro atoms. The molecular weight excluding hydrogens is 187 g/mol. The minimum absolute atomic E-state index is 1.09. The Morgan fingerprint density at radius 3 is 1.64 bits per heavy atom. The molecule has 0 saturated carbocycles. The Hall–Kier alpha value is 0.0700. The molecule has 0 unspecified atom stereocenters. The maximum Gasteiger partial charge on any atom is 0.327 e. The van der Waals surface area contributed by atoms with Crippen molar-refractivity contribution in [2.75, 3.05) is 12.7 Å². The summed E-state index contributed by atoms with van der Waals surface area (Å²) in [6.45, 7) is 0. The lowest BCUT2D eigenvalue weighted by Crippen LogP contribution is -2.26. The Morgan fingerprint density at radius 2 is 1.55 bits per heavy atom. The third kappa shape index (κ3) is 2.54. The second-order valence-corrected chi connectivity index (χ2v) is 3.95. The van der Waals surface area contributed by atoms with Crippen molar-refractivity contribution in [1.29, 1.82) is 0 Å². The zero-order chi connectivity index (χ0) is 9.07. The highest BCUT2D eigenvalue weighted by Crippen LogP contribution is 2.53. The number of aliphatic hydroxyl groups excluding tert-OH is 2. The van der Waals surface area contributed by atoms with Crippen molar-refractivity contribution in [3.63, 3.8) is 0 Å². The van der Waals surface area contributed by atoms with Crippen molar-refractivity contribution in [1.82, 2.24) is 0 Å². The van der Waals surface area contributed by atoms with Gasteiger partial charge in [-0.15, -0.1) is 0 Å². The molecule has 0 rings (SSSR count). The molecule has 2 nitrogen and oxygen atoms in total.